The van der Waals surface area contributed by atoms with Gasteiger partial charge in [-0.05, 0) is 36.6 Å². The van der Waals surface area contributed by atoms with Crippen LogP contribution in [0.4, 0.5) is 17.6 Å². The molecule has 2 atom stereocenters. The Morgan fingerprint density at radius 1 is 0.893 bits per heavy atom. The van der Waals surface area contributed by atoms with Crippen LogP contribution in [-0.4, -0.2) is 66.6 Å². The third kappa shape index (κ3) is 4.81. The smallest absolute Gasteiger partial charge is 0.231 e. The minimum Gasteiger partial charge on any atom is -0.399 e. The second kappa shape index (κ2) is 8.89. The zero-order valence-corrected chi connectivity index (χ0v) is 16.5. The molecule has 5 rings (SSSR count). The maximum Gasteiger partial charge on any atom is 0.231 e. The van der Waals surface area contributed by atoms with Gasteiger partial charge in [0.1, 0.15) is 0 Å². The molecule has 28 heavy (non-hydrogen) atoms. The third-order valence-electron chi connectivity index (χ3n) is 5.00. The average molecular weight is 405 g/mol. The Kier molecular flexibility index (Phi) is 6.09. The highest BCUT2D eigenvalue weighted by atomic mass is 35.5. The number of aromatic nitrogens is 3. The molecule has 2 bridgehead atoms. The number of rotatable bonds is 2. The highest BCUT2D eigenvalue weighted by molar-refractivity contribution is 6.28. The number of nitrogen functional groups attached to an aromatic ring is 1. The Labute approximate surface area is 169 Å². The quantitative estimate of drug-likeness (QED) is 0.760. The molecule has 2 unspecified atom stereocenters. The number of anilines is 3. The van der Waals surface area contributed by atoms with Crippen molar-refractivity contribution >= 4 is 29.2 Å². The fourth-order valence-electron chi connectivity index (χ4n) is 3.61. The van der Waals surface area contributed by atoms with Crippen molar-refractivity contribution in [3.05, 3.63) is 35.6 Å². The summed E-state index contributed by atoms with van der Waals surface area (Å²) in [5.74, 6) is 1.31. The molecule has 1 aromatic carbocycles. The van der Waals surface area contributed by atoms with Crippen LogP contribution >= 0.6 is 11.6 Å². The molecule has 3 saturated heterocycles. The maximum atomic E-state index is 6.10. The molecular weight excluding hydrogens is 380 g/mol. The number of ether oxygens (including phenoxy) is 2. The number of halogens is 1. The van der Waals surface area contributed by atoms with Gasteiger partial charge in [-0.3, -0.25) is 0 Å². The standard InChI is InChI=1S/C13H18ClN5O2.C6H7N/c14-11-15-12(18-3-5-20-6-4-18)17-13(16-11)19-7-9-1-2-10(8-19)21-9;7-6-4-2-1-3-5-6/h9-10H,1-8H2;1-5H,7H2. The Morgan fingerprint density at radius 3 is 2.07 bits per heavy atom. The molecule has 150 valence electrons. The second-order valence-corrected chi connectivity index (χ2v) is 7.42. The third-order valence-corrected chi connectivity index (χ3v) is 5.17. The fraction of sp³-hybridized carbons (Fsp3) is 0.526. The van der Waals surface area contributed by atoms with Gasteiger partial charge in [0.2, 0.25) is 17.2 Å². The average Bonchev–Trinajstić information content (AvgIpc) is 3.07. The van der Waals surface area contributed by atoms with Gasteiger partial charge in [0.05, 0.1) is 25.4 Å². The van der Waals surface area contributed by atoms with Gasteiger partial charge in [0.25, 0.3) is 0 Å². The van der Waals surface area contributed by atoms with Crippen molar-refractivity contribution in [2.75, 3.05) is 54.9 Å². The Morgan fingerprint density at radius 2 is 1.50 bits per heavy atom. The fourth-order valence-corrected chi connectivity index (χ4v) is 3.76. The van der Waals surface area contributed by atoms with Crippen LogP contribution in [0.1, 0.15) is 12.8 Å². The van der Waals surface area contributed by atoms with E-state index in [-0.39, 0.29) is 5.28 Å². The van der Waals surface area contributed by atoms with E-state index in [1.54, 1.807) is 0 Å². The van der Waals surface area contributed by atoms with Crippen LogP contribution in [0.2, 0.25) is 5.28 Å². The van der Waals surface area contributed by atoms with Crippen molar-refractivity contribution in [1.29, 1.82) is 0 Å². The van der Waals surface area contributed by atoms with Crippen molar-refractivity contribution in [2.24, 2.45) is 0 Å². The van der Waals surface area contributed by atoms with Crippen molar-refractivity contribution in [3.63, 3.8) is 0 Å². The van der Waals surface area contributed by atoms with Gasteiger partial charge < -0.3 is 25.0 Å². The van der Waals surface area contributed by atoms with Gasteiger partial charge >= 0.3 is 0 Å². The lowest BCUT2D eigenvalue weighted by Crippen LogP contribution is -2.44. The number of morpholine rings is 2. The highest BCUT2D eigenvalue weighted by Gasteiger charge is 2.35. The molecule has 9 heteroatoms. The van der Waals surface area contributed by atoms with Crippen LogP contribution in [0, 0.1) is 0 Å². The Hall–Kier alpha value is -2.16. The topological polar surface area (TPSA) is 89.6 Å². The van der Waals surface area contributed by atoms with Gasteiger partial charge in [-0.25, -0.2) is 0 Å². The van der Waals surface area contributed by atoms with Crippen LogP contribution in [-0.2, 0) is 9.47 Å². The van der Waals surface area contributed by atoms with Crippen LogP contribution in [0.25, 0.3) is 0 Å². The molecule has 8 nitrogen and oxygen atoms in total. The summed E-state index contributed by atoms with van der Waals surface area (Å²) >= 11 is 6.10. The molecule has 0 saturated carbocycles. The monoisotopic (exact) mass is 404 g/mol. The molecular formula is C19H25ClN6O2. The maximum absolute atomic E-state index is 6.10. The zero-order chi connectivity index (χ0) is 19.3. The van der Waals surface area contributed by atoms with Crippen LogP contribution in [0.15, 0.2) is 30.3 Å². The summed E-state index contributed by atoms with van der Waals surface area (Å²) in [6.45, 7) is 4.63. The van der Waals surface area contributed by atoms with Crippen molar-refractivity contribution < 1.29 is 9.47 Å². The van der Waals surface area contributed by atoms with Crippen LogP contribution < -0.4 is 15.5 Å². The number of nitrogens with zero attached hydrogens (tertiary/aromatic N) is 5. The van der Waals surface area contributed by atoms with E-state index in [4.69, 9.17) is 26.8 Å². The summed E-state index contributed by atoms with van der Waals surface area (Å²) in [7, 11) is 0. The van der Waals surface area contributed by atoms with Crippen LogP contribution in [0.3, 0.4) is 0 Å². The predicted molar refractivity (Wildman–Crippen MR) is 109 cm³/mol. The largest absolute Gasteiger partial charge is 0.399 e. The van der Waals surface area contributed by atoms with Crippen molar-refractivity contribution in [2.45, 2.75) is 25.0 Å². The van der Waals surface area contributed by atoms with Gasteiger partial charge in [0.15, 0.2) is 0 Å². The van der Waals surface area contributed by atoms with Gasteiger partial charge in [-0.15, -0.1) is 0 Å². The molecule has 1 aromatic heterocycles. The number of fused-ring (bicyclic) bond motifs is 2. The number of hydrogen-bond acceptors (Lipinski definition) is 8. The van der Waals surface area contributed by atoms with E-state index in [9.17, 15) is 0 Å². The van der Waals surface area contributed by atoms with E-state index >= 15 is 0 Å². The van der Waals surface area contributed by atoms with E-state index in [0.717, 1.165) is 44.7 Å². The molecule has 0 spiro atoms. The number of benzene rings is 1. The zero-order valence-electron chi connectivity index (χ0n) is 15.7. The van der Waals surface area contributed by atoms with Gasteiger partial charge in [-0.1, -0.05) is 18.2 Å². The number of para-hydroxylation sites is 1. The van der Waals surface area contributed by atoms with Gasteiger partial charge in [-0.2, -0.15) is 15.0 Å². The molecule has 3 aliphatic rings. The minimum absolute atomic E-state index is 0.250. The summed E-state index contributed by atoms with van der Waals surface area (Å²) in [6, 6.07) is 9.49. The summed E-state index contributed by atoms with van der Waals surface area (Å²) < 4.78 is 11.2. The number of hydrogen-bond donors (Lipinski definition) is 1. The van der Waals surface area contributed by atoms with Crippen molar-refractivity contribution in [3.8, 4) is 0 Å². The van der Waals surface area contributed by atoms with Gasteiger partial charge in [0, 0.05) is 31.9 Å². The number of nitrogens with two attached hydrogens (primary N) is 1. The highest BCUT2D eigenvalue weighted by Crippen LogP contribution is 2.29. The Bertz CT molecular complexity index is 762. The summed E-state index contributed by atoms with van der Waals surface area (Å²) in [5.41, 5.74) is 6.18. The molecule has 3 aliphatic heterocycles. The lowest BCUT2D eigenvalue weighted by Gasteiger charge is -2.33. The first kappa shape index (κ1) is 19.2. The molecule has 0 amide bonds. The minimum atomic E-state index is 0.250. The second-order valence-electron chi connectivity index (χ2n) is 7.08. The molecule has 0 radical (unpaired) electrons. The first-order valence-corrected chi connectivity index (χ1v) is 10.0. The summed E-state index contributed by atoms with van der Waals surface area (Å²) in [5, 5.41) is 0.250. The van der Waals surface area contributed by atoms with E-state index in [0.29, 0.717) is 37.3 Å². The first-order valence-electron chi connectivity index (χ1n) is 9.62. The molecule has 2 N–H and O–H groups in total. The lowest BCUT2D eigenvalue weighted by atomic mass is 10.2. The molecule has 3 fully saturated rings. The lowest BCUT2D eigenvalue weighted by molar-refractivity contribution is 0.0299. The molecule has 4 heterocycles. The van der Waals surface area contributed by atoms with E-state index in [1.165, 1.54) is 0 Å². The summed E-state index contributed by atoms with van der Waals surface area (Å²) in [6.07, 6.45) is 2.84. The molecule has 2 aromatic rings. The molecule has 0 aliphatic carbocycles. The summed E-state index contributed by atoms with van der Waals surface area (Å²) in [4.78, 5) is 17.4. The Balaban J connectivity index is 0.000000233. The van der Waals surface area contributed by atoms with E-state index in [2.05, 4.69) is 24.8 Å². The normalized spacial score (nSPS) is 23.9. The first-order chi connectivity index (χ1) is 13.7. The van der Waals surface area contributed by atoms with Crippen LogP contribution in [0.5, 0.6) is 0 Å². The van der Waals surface area contributed by atoms with E-state index < -0.39 is 0 Å². The van der Waals surface area contributed by atoms with Crippen molar-refractivity contribution in [1.82, 2.24) is 15.0 Å². The SMILES string of the molecule is Clc1nc(N2CCOCC2)nc(N2CC3CCC(C2)O3)n1.Nc1ccccc1. The predicted octanol–water partition coefficient (Wildman–Crippen LogP) is 2.00. The van der Waals surface area contributed by atoms with E-state index in [1.807, 2.05) is 30.3 Å².